The molecule has 1 heteroatoms. The Morgan fingerprint density at radius 3 is 1.83 bits per heavy atom. The Morgan fingerprint density at radius 1 is 1.08 bits per heavy atom. The average Bonchev–Trinajstić information content (AvgIpc) is 1.99. The molecule has 2 unspecified atom stereocenters. The van der Waals surface area contributed by atoms with Crippen LogP contribution >= 0.6 is 0 Å². The molecule has 0 aliphatic heterocycles. The van der Waals surface area contributed by atoms with E-state index in [9.17, 15) is 4.39 Å². The van der Waals surface area contributed by atoms with Crippen LogP contribution in [0.15, 0.2) is 0 Å². The Balaban J connectivity index is 2.53. The standard InChI is InChI=1S/C11H21F/c1-7(2)10-5-8(3)11(12)9(4)6-10/h7-11H,5-6H2,1-4H3. The first-order valence-corrected chi connectivity index (χ1v) is 5.16. The van der Waals surface area contributed by atoms with Crippen molar-refractivity contribution in [2.45, 2.75) is 46.7 Å². The fraction of sp³-hybridized carbons (Fsp3) is 1.00. The summed E-state index contributed by atoms with van der Waals surface area (Å²) in [4.78, 5) is 0. The third-order valence-electron chi connectivity index (χ3n) is 3.38. The van der Waals surface area contributed by atoms with Crippen LogP contribution in [0.2, 0.25) is 0 Å². The van der Waals surface area contributed by atoms with Gasteiger partial charge in [0, 0.05) is 0 Å². The summed E-state index contributed by atoms with van der Waals surface area (Å²) < 4.78 is 13.4. The number of hydrogen-bond acceptors (Lipinski definition) is 0. The molecule has 1 rings (SSSR count). The summed E-state index contributed by atoms with van der Waals surface area (Å²) in [6.07, 6.45) is 1.62. The van der Waals surface area contributed by atoms with E-state index in [1.807, 2.05) is 0 Å². The molecular weight excluding hydrogens is 151 g/mol. The summed E-state index contributed by atoms with van der Waals surface area (Å²) in [6, 6.07) is 0. The number of rotatable bonds is 1. The van der Waals surface area contributed by atoms with Crippen LogP contribution in [0.25, 0.3) is 0 Å². The smallest absolute Gasteiger partial charge is 0.105 e. The van der Waals surface area contributed by atoms with E-state index in [-0.39, 0.29) is 11.8 Å². The summed E-state index contributed by atoms with van der Waals surface area (Å²) in [6.45, 7) is 8.61. The van der Waals surface area contributed by atoms with E-state index >= 15 is 0 Å². The minimum absolute atomic E-state index is 0.279. The minimum Gasteiger partial charge on any atom is -0.247 e. The molecule has 0 radical (unpaired) electrons. The Labute approximate surface area is 75.5 Å². The molecule has 0 bridgehead atoms. The second kappa shape index (κ2) is 3.76. The highest BCUT2D eigenvalue weighted by Crippen LogP contribution is 2.38. The van der Waals surface area contributed by atoms with E-state index < -0.39 is 6.17 Å². The van der Waals surface area contributed by atoms with Crippen LogP contribution in [-0.2, 0) is 0 Å². The van der Waals surface area contributed by atoms with Gasteiger partial charge in [0.15, 0.2) is 0 Å². The van der Waals surface area contributed by atoms with Gasteiger partial charge in [0.2, 0.25) is 0 Å². The van der Waals surface area contributed by atoms with Crippen LogP contribution in [0.4, 0.5) is 4.39 Å². The topological polar surface area (TPSA) is 0 Å². The van der Waals surface area contributed by atoms with Crippen LogP contribution in [0.3, 0.4) is 0 Å². The van der Waals surface area contributed by atoms with Crippen molar-refractivity contribution in [2.24, 2.45) is 23.7 Å². The van der Waals surface area contributed by atoms with Crippen molar-refractivity contribution in [1.29, 1.82) is 0 Å². The lowest BCUT2D eigenvalue weighted by atomic mass is 9.71. The highest BCUT2D eigenvalue weighted by Gasteiger charge is 2.33. The molecule has 1 aliphatic rings. The molecule has 0 heterocycles. The molecule has 1 fully saturated rings. The SMILES string of the molecule is CC(C)C1CC(C)C(F)C(C)C1. The van der Waals surface area contributed by atoms with E-state index in [0.717, 1.165) is 24.7 Å². The zero-order valence-electron chi connectivity index (χ0n) is 8.68. The van der Waals surface area contributed by atoms with E-state index in [1.54, 1.807) is 0 Å². The molecule has 0 saturated heterocycles. The van der Waals surface area contributed by atoms with E-state index in [1.165, 1.54) is 0 Å². The normalized spacial score (nSPS) is 43.5. The summed E-state index contributed by atoms with van der Waals surface area (Å²) in [5.74, 6) is 2.03. The van der Waals surface area contributed by atoms with Gasteiger partial charge in [0.05, 0.1) is 0 Å². The summed E-state index contributed by atoms with van der Waals surface area (Å²) in [5, 5.41) is 0. The largest absolute Gasteiger partial charge is 0.247 e. The zero-order chi connectivity index (χ0) is 9.30. The molecule has 0 aromatic heterocycles. The summed E-state index contributed by atoms with van der Waals surface area (Å²) in [5.41, 5.74) is 0. The highest BCUT2D eigenvalue weighted by molar-refractivity contribution is 4.83. The quantitative estimate of drug-likeness (QED) is 0.566. The Kier molecular flexibility index (Phi) is 3.14. The Bertz CT molecular complexity index is 130. The molecule has 1 aliphatic carbocycles. The number of halogens is 1. The van der Waals surface area contributed by atoms with Gasteiger partial charge in [-0.2, -0.15) is 0 Å². The third-order valence-corrected chi connectivity index (χ3v) is 3.38. The first-order chi connectivity index (χ1) is 5.52. The maximum atomic E-state index is 13.4. The first kappa shape index (κ1) is 10.0. The average molecular weight is 172 g/mol. The van der Waals surface area contributed by atoms with Gasteiger partial charge in [-0.05, 0) is 36.5 Å². The number of alkyl halides is 1. The monoisotopic (exact) mass is 172 g/mol. The van der Waals surface area contributed by atoms with Crippen LogP contribution < -0.4 is 0 Å². The molecule has 0 N–H and O–H groups in total. The van der Waals surface area contributed by atoms with E-state index in [2.05, 4.69) is 27.7 Å². The predicted molar refractivity (Wildman–Crippen MR) is 50.8 cm³/mol. The van der Waals surface area contributed by atoms with E-state index in [0.29, 0.717) is 0 Å². The Hall–Kier alpha value is -0.0700. The fourth-order valence-corrected chi connectivity index (χ4v) is 2.42. The van der Waals surface area contributed by atoms with Crippen molar-refractivity contribution in [2.75, 3.05) is 0 Å². The highest BCUT2D eigenvalue weighted by atomic mass is 19.1. The maximum absolute atomic E-state index is 13.4. The second-order valence-corrected chi connectivity index (χ2v) is 4.87. The van der Waals surface area contributed by atoms with Crippen LogP contribution in [-0.4, -0.2) is 6.17 Å². The lowest BCUT2D eigenvalue weighted by Crippen LogP contribution is -2.33. The summed E-state index contributed by atoms with van der Waals surface area (Å²) in [7, 11) is 0. The first-order valence-electron chi connectivity index (χ1n) is 5.16. The molecule has 72 valence electrons. The second-order valence-electron chi connectivity index (χ2n) is 4.87. The van der Waals surface area contributed by atoms with Crippen LogP contribution in [0, 0.1) is 23.7 Å². The van der Waals surface area contributed by atoms with Crippen molar-refractivity contribution in [3.63, 3.8) is 0 Å². The third kappa shape index (κ3) is 1.99. The van der Waals surface area contributed by atoms with Crippen molar-refractivity contribution in [3.8, 4) is 0 Å². The van der Waals surface area contributed by atoms with Gasteiger partial charge >= 0.3 is 0 Å². The van der Waals surface area contributed by atoms with Crippen molar-refractivity contribution >= 4 is 0 Å². The van der Waals surface area contributed by atoms with Crippen LogP contribution in [0.5, 0.6) is 0 Å². The zero-order valence-corrected chi connectivity index (χ0v) is 8.68. The molecule has 0 nitrogen and oxygen atoms in total. The van der Waals surface area contributed by atoms with Crippen molar-refractivity contribution < 1.29 is 4.39 Å². The molecule has 1 saturated carbocycles. The van der Waals surface area contributed by atoms with Gasteiger partial charge in [-0.15, -0.1) is 0 Å². The summed E-state index contributed by atoms with van der Waals surface area (Å²) >= 11 is 0. The molecule has 2 atom stereocenters. The van der Waals surface area contributed by atoms with Crippen molar-refractivity contribution in [3.05, 3.63) is 0 Å². The fourth-order valence-electron chi connectivity index (χ4n) is 2.42. The molecular formula is C11H21F. The van der Waals surface area contributed by atoms with Gasteiger partial charge in [-0.1, -0.05) is 27.7 Å². The molecule has 0 aromatic carbocycles. The van der Waals surface area contributed by atoms with Gasteiger partial charge in [-0.3, -0.25) is 0 Å². The van der Waals surface area contributed by atoms with Gasteiger partial charge in [0.25, 0.3) is 0 Å². The maximum Gasteiger partial charge on any atom is 0.105 e. The van der Waals surface area contributed by atoms with Gasteiger partial charge in [-0.25, -0.2) is 4.39 Å². The lowest BCUT2D eigenvalue weighted by molar-refractivity contribution is 0.0670. The minimum atomic E-state index is -0.556. The van der Waals surface area contributed by atoms with Gasteiger partial charge < -0.3 is 0 Å². The molecule has 0 spiro atoms. The van der Waals surface area contributed by atoms with Crippen molar-refractivity contribution in [1.82, 2.24) is 0 Å². The van der Waals surface area contributed by atoms with Gasteiger partial charge in [0.1, 0.15) is 6.17 Å². The van der Waals surface area contributed by atoms with E-state index in [4.69, 9.17) is 0 Å². The lowest BCUT2D eigenvalue weighted by Gasteiger charge is -2.36. The molecule has 12 heavy (non-hydrogen) atoms. The Morgan fingerprint density at radius 2 is 1.50 bits per heavy atom. The molecule has 0 aromatic rings. The van der Waals surface area contributed by atoms with Crippen LogP contribution in [0.1, 0.15) is 40.5 Å². The number of hydrogen-bond donors (Lipinski definition) is 0. The predicted octanol–water partition coefficient (Wildman–Crippen LogP) is 3.66. The molecule has 0 amide bonds.